The number of ether oxygens (including phenoxy) is 2. The number of hydrogen-bond acceptors (Lipinski definition) is 5. The maximum Gasteiger partial charge on any atom is 0.322 e. The van der Waals surface area contributed by atoms with Gasteiger partial charge in [-0.2, -0.15) is 0 Å². The van der Waals surface area contributed by atoms with Gasteiger partial charge in [0.25, 0.3) is 5.56 Å². The Hall–Kier alpha value is -3.23. The Labute approximate surface area is 210 Å². The monoisotopic (exact) mass is 500 g/mol. The Morgan fingerprint density at radius 3 is 2.37 bits per heavy atom. The predicted molar refractivity (Wildman–Crippen MR) is 141 cm³/mol. The van der Waals surface area contributed by atoms with E-state index in [-0.39, 0.29) is 18.1 Å². The van der Waals surface area contributed by atoms with Gasteiger partial charge in [-0.05, 0) is 50.3 Å². The number of pyridine rings is 1. The summed E-state index contributed by atoms with van der Waals surface area (Å²) in [6.45, 7) is 7.60. The lowest BCUT2D eigenvalue weighted by molar-refractivity contribution is 0.202. The second kappa shape index (κ2) is 12.5. The molecule has 0 fully saturated rings. The summed E-state index contributed by atoms with van der Waals surface area (Å²) >= 11 is 6.24. The van der Waals surface area contributed by atoms with Crippen molar-refractivity contribution < 1.29 is 14.3 Å². The summed E-state index contributed by atoms with van der Waals surface area (Å²) in [6.07, 6.45) is 0.772. The Morgan fingerprint density at radius 1 is 1.03 bits per heavy atom. The maximum absolute atomic E-state index is 13.2. The minimum Gasteiger partial charge on any atom is -0.493 e. The molecule has 8 nitrogen and oxygen atoms in total. The van der Waals surface area contributed by atoms with E-state index in [0.717, 1.165) is 31.4 Å². The predicted octanol–water partition coefficient (Wildman–Crippen LogP) is 4.96. The van der Waals surface area contributed by atoms with Crippen LogP contribution >= 0.6 is 11.6 Å². The van der Waals surface area contributed by atoms with E-state index in [0.29, 0.717) is 39.8 Å². The molecule has 0 aliphatic carbocycles. The van der Waals surface area contributed by atoms with Crippen LogP contribution < -0.4 is 20.3 Å². The summed E-state index contributed by atoms with van der Waals surface area (Å²) in [7, 11) is 3.11. The molecule has 2 N–H and O–H groups in total. The molecule has 0 unspecified atom stereocenters. The Bertz CT molecular complexity index is 1210. The van der Waals surface area contributed by atoms with Crippen LogP contribution in [0.5, 0.6) is 11.5 Å². The zero-order valence-corrected chi connectivity index (χ0v) is 21.4. The second-order valence-corrected chi connectivity index (χ2v) is 8.54. The Kier molecular flexibility index (Phi) is 9.39. The van der Waals surface area contributed by atoms with Crippen molar-refractivity contribution in [2.45, 2.75) is 26.8 Å². The molecule has 0 aliphatic heterocycles. The first-order valence-electron chi connectivity index (χ1n) is 11.7. The lowest BCUT2D eigenvalue weighted by atomic mass is 10.1. The standard InChI is InChI=1S/C26H33ClN4O4/c1-5-30(6-2)12-9-13-31(26(33)29-21-11-8-7-10-20(21)27)17-19-14-18-15-23(34-3)24(35-4)16-22(18)28-25(19)32/h7-8,10-11,14-16H,5-6,9,12-13,17H2,1-4H3,(H,28,32)(H,29,33). The highest BCUT2D eigenvalue weighted by Gasteiger charge is 2.18. The number of H-pyrrole nitrogens is 1. The number of anilines is 1. The number of fused-ring (bicyclic) bond motifs is 1. The summed E-state index contributed by atoms with van der Waals surface area (Å²) in [6, 6.07) is 12.1. The van der Waals surface area contributed by atoms with E-state index < -0.39 is 0 Å². The summed E-state index contributed by atoms with van der Waals surface area (Å²) in [5.41, 5.74) is 1.37. The van der Waals surface area contributed by atoms with Gasteiger partial charge < -0.3 is 29.6 Å². The number of aromatic nitrogens is 1. The first-order chi connectivity index (χ1) is 16.9. The molecule has 0 bridgehead atoms. The Morgan fingerprint density at radius 2 is 1.71 bits per heavy atom. The van der Waals surface area contributed by atoms with Crippen LogP contribution in [-0.2, 0) is 6.54 Å². The number of rotatable bonds is 11. The zero-order chi connectivity index (χ0) is 25.4. The molecule has 0 saturated carbocycles. The van der Waals surface area contributed by atoms with Crippen molar-refractivity contribution in [1.82, 2.24) is 14.8 Å². The highest BCUT2D eigenvalue weighted by Crippen LogP contribution is 2.31. The van der Waals surface area contributed by atoms with Crippen LogP contribution in [0.1, 0.15) is 25.8 Å². The molecule has 35 heavy (non-hydrogen) atoms. The SMILES string of the molecule is CCN(CC)CCCN(Cc1cc2cc(OC)c(OC)cc2[nH]c1=O)C(=O)Nc1ccccc1Cl. The van der Waals surface area contributed by atoms with Gasteiger partial charge in [-0.3, -0.25) is 4.79 Å². The number of nitrogens with one attached hydrogen (secondary N) is 2. The van der Waals surface area contributed by atoms with Crippen molar-refractivity contribution in [2.75, 3.05) is 45.7 Å². The minimum atomic E-state index is -0.315. The third-order valence-corrected chi connectivity index (χ3v) is 6.32. The van der Waals surface area contributed by atoms with Crippen molar-refractivity contribution in [2.24, 2.45) is 0 Å². The molecule has 3 aromatic rings. The number of carbonyl (C=O) groups excluding carboxylic acids is 1. The molecule has 0 spiro atoms. The van der Waals surface area contributed by atoms with Crippen LogP contribution in [0, 0.1) is 0 Å². The molecule has 9 heteroatoms. The number of para-hydroxylation sites is 1. The molecule has 0 atom stereocenters. The van der Waals surface area contributed by atoms with Crippen LogP contribution in [-0.4, -0.2) is 61.2 Å². The fourth-order valence-corrected chi connectivity index (χ4v) is 4.12. The average molecular weight is 501 g/mol. The molecule has 0 radical (unpaired) electrons. The number of aromatic amines is 1. The average Bonchev–Trinajstić information content (AvgIpc) is 2.86. The van der Waals surface area contributed by atoms with Crippen LogP contribution in [0.4, 0.5) is 10.5 Å². The fourth-order valence-electron chi connectivity index (χ4n) is 3.94. The lowest BCUT2D eigenvalue weighted by Crippen LogP contribution is -2.38. The van der Waals surface area contributed by atoms with E-state index in [2.05, 4.69) is 29.0 Å². The number of methoxy groups -OCH3 is 2. The Balaban J connectivity index is 1.88. The van der Waals surface area contributed by atoms with Gasteiger partial charge in [0.2, 0.25) is 0 Å². The largest absolute Gasteiger partial charge is 0.493 e. The van der Waals surface area contributed by atoms with Crippen molar-refractivity contribution in [3.8, 4) is 11.5 Å². The summed E-state index contributed by atoms with van der Waals surface area (Å²) in [4.78, 5) is 33.0. The third kappa shape index (κ3) is 6.68. The van der Waals surface area contributed by atoms with E-state index in [1.165, 1.54) is 0 Å². The van der Waals surface area contributed by atoms with Crippen LogP contribution in [0.15, 0.2) is 47.3 Å². The van der Waals surface area contributed by atoms with Gasteiger partial charge in [-0.1, -0.05) is 37.6 Å². The van der Waals surface area contributed by atoms with Gasteiger partial charge in [0, 0.05) is 23.6 Å². The summed E-state index contributed by atoms with van der Waals surface area (Å²) in [5, 5.41) is 4.12. The van der Waals surface area contributed by atoms with E-state index in [9.17, 15) is 9.59 Å². The van der Waals surface area contributed by atoms with E-state index in [1.807, 2.05) is 12.1 Å². The number of amides is 2. The molecule has 0 aliphatic rings. The van der Waals surface area contributed by atoms with E-state index in [4.69, 9.17) is 21.1 Å². The highest BCUT2D eigenvalue weighted by molar-refractivity contribution is 6.33. The lowest BCUT2D eigenvalue weighted by Gasteiger charge is -2.25. The fraction of sp³-hybridized carbons (Fsp3) is 0.385. The van der Waals surface area contributed by atoms with Crippen molar-refractivity contribution in [1.29, 1.82) is 0 Å². The van der Waals surface area contributed by atoms with E-state index in [1.54, 1.807) is 49.5 Å². The molecule has 2 amide bonds. The van der Waals surface area contributed by atoms with Gasteiger partial charge in [0.05, 0.1) is 37.0 Å². The number of urea groups is 1. The number of halogens is 1. The zero-order valence-electron chi connectivity index (χ0n) is 20.7. The molecule has 3 rings (SSSR count). The molecule has 1 heterocycles. The van der Waals surface area contributed by atoms with Gasteiger partial charge in [-0.15, -0.1) is 0 Å². The number of carbonyl (C=O) groups is 1. The van der Waals surface area contributed by atoms with Crippen molar-refractivity contribution in [3.05, 3.63) is 63.4 Å². The van der Waals surface area contributed by atoms with Crippen molar-refractivity contribution >= 4 is 34.2 Å². The molecule has 188 valence electrons. The molecule has 2 aromatic carbocycles. The van der Waals surface area contributed by atoms with Crippen LogP contribution in [0.2, 0.25) is 5.02 Å². The number of hydrogen-bond donors (Lipinski definition) is 2. The van der Waals surface area contributed by atoms with Crippen molar-refractivity contribution in [3.63, 3.8) is 0 Å². The van der Waals surface area contributed by atoms with Crippen LogP contribution in [0.25, 0.3) is 10.9 Å². The topological polar surface area (TPSA) is 86.9 Å². The first-order valence-corrected chi connectivity index (χ1v) is 12.1. The van der Waals surface area contributed by atoms with Gasteiger partial charge >= 0.3 is 6.03 Å². The maximum atomic E-state index is 13.2. The number of benzene rings is 2. The summed E-state index contributed by atoms with van der Waals surface area (Å²) < 4.78 is 10.7. The van der Waals surface area contributed by atoms with Gasteiger partial charge in [0.15, 0.2) is 11.5 Å². The molecule has 0 saturated heterocycles. The quantitative estimate of drug-likeness (QED) is 0.388. The molecular weight excluding hydrogens is 468 g/mol. The van der Waals surface area contributed by atoms with Gasteiger partial charge in [-0.25, -0.2) is 4.79 Å². The van der Waals surface area contributed by atoms with Gasteiger partial charge in [0.1, 0.15) is 0 Å². The smallest absolute Gasteiger partial charge is 0.322 e. The first kappa shape index (κ1) is 26.4. The normalized spacial score (nSPS) is 11.0. The molecular formula is C26H33ClN4O4. The second-order valence-electron chi connectivity index (χ2n) is 8.13. The minimum absolute atomic E-state index is 0.147. The van der Waals surface area contributed by atoms with E-state index >= 15 is 0 Å². The third-order valence-electron chi connectivity index (χ3n) is 5.99. The molecule has 1 aromatic heterocycles. The highest BCUT2D eigenvalue weighted by atomic mass is 35.5. The number of nitrogens with zero attached hydrogens (tertiary/aromatic N) is 2. The van der Waals surface area contributed by atoms with Crippen LogP contribution in [0.3, 0.4) is 0 Å². The summed E-state index contributed by atoms with van der Waals surface area (Å²) in [5.74, 6) is 1.09.